The van der Waals surface area contributed by atoms with Crippen LogP contribution in [0.5, 0.6) is 11.5 Å². The van der Waals surface area contributed by atoms with Crippen molar-refractivity contribution in [2.45, 2.75) is 20.0 Å². The number of para-hydroxylation sites is 1. The largest absolute Gasteiger partial charge is 0.454 e. The summed E-state index contributed by atoms with van der Waals surface area (Å²) < 4.78 is 13.9. The number of carbonyl (C=O) groups excluding carboxylic acids is 1. The van der Waals surface area contributed by atoms with Crippen molar-refractivity contribution in [3.05, 3.63) is 82.4 Å². The highest BCUT2D eigenvalue weighted by Gasteiger charge is 2.24. The minimum absolute atomic E-state index is 0.200. The van der Waals surface area contributed by atoms with Crippen LogP contribution in [0.4, 0.5) is 0 Å². The second-order valence-corrected chi connectivity index (χ2v) is 7.19. The molecule has 0 aromatic heterocycles. The third kappa shape index (κ3) is 3.42. The van der Waals surface area contributed by atoms with Crippen molar-refractivity contribution < 1.29 is 14.3 Å². The van der Waals surface area contributed by atoms with E-state index in [2.05, 4.69) is 10.4 Å². The molecular formula is C23H20N4O4. The van der Waals surface area contributed by atoms with Crippen molar-refractivity contribution in [3.8, 4) is 28.4 Å². The summed E-state index contributed by atoms with van der Waals surface area (Å²) in [6, 6.07) is 14.7. The first-order valence-corrected chi connectivity index (χ1v) is 9.99. The fourth-order valence-electron chi connectivity index (χ4n) is 3.58. The number of aromatic nitrogens is 3. The summed E-state index contributed by atoms with van der Waals surface area (Å²) in [5, 5.41) is 7.39. The highest BCUT2D eigenvalue weighted by molar-refractivity contribution is 5.99. The third-order valence-corrected chi connectivity index (χ3v) is 5.22. The predicted molar refractivity (Wildman–Crippen MR) is 114 cm³/mol. The minimum atomic E-state index is -0.303. The molecule has 3 heterocycles. The Morgan fingerprint density at radius 2 is 1.90 bits per heavy atom. The predicted octanol–water partition coefficient (Wildman–Crippen LogP) is 2.82. The zero-order valence-electron chi connectivity index (χ0n) is 16.9. The summed E-state index contributed by atoms with van der Waals surface area (Å²) in [4.78, 5) is 26.0. The van der Waals surface area contributed by atoms with E-state index in [0.717, 1.165) is 5.56 Å². The molecule has 3 aliphatic rings. The lowest BCUT2D eigenvalue weighted by atomic mass is 10.1. The monoisotopic (exact) mass is 416 g/mol. The summed E-state index contributed by atoms with van der Waals surface area (Å²) in [5.74, 6) is 1.05. The van der Waals surface area contributed by atoms with Gasteiger partial charge in [0.05, 0.1) is 16.8 Å². The normalized spacial score (nSPS) is 12.3. The molecule has 1 amide bonds. The van der Waals surface area contributed by atoms with Crippen LogP contribution in [0, 0.1) is 0 Å². The molecule has 8 nitrogen and oxygen atoms in total. The molecule has 0 radical (unpaired) electrons. The van der Waals surface area contributed by atoms with Gasteiger partial charge in [-0.15, -0.1) is 0 Å². The molecule has 0 saturated heterocycles. The zero-order valence-corrected chi connectivity index (χ0v) is 16.9. The van der Waals surface area contributed by atoms with E-state index in [-0.39, 0.29) is 18.3 Å². The van der Waals surface area contributed by atoms with Crippen molar-refractivity contribution in [3.63, 3.8) is 0 Å². The van der Waals surface area contributed by atoms with Crippen LogP contribution in [0.25, 0.3) is 16.9 Å². The lowest BCUT2D eigenvalue weighted by Crippen LogP contribution is -2.25. The average Bonchev–Trinajstić information content (AvgIpc) is 3.41. The third-order valence-electron chi connectivity index (χ3n) is 5.22. The highest BCUT2D eigenvalue weighted by Crippen LogP contribution is 2.32. The minimum Gasteiger partial charge on any atom is -0.454 e. The molecule has 0 spiro atoms. The van der Waals surface area contributed by atoms with Gasteiger partial charge in [-0.1, -0.05) is 24.3 Å². The smallest absolute Gasteiger partial charge is 0.282 e. The number of hydrogen-bond donors (Lipinski definition) is 1. The first kappa shape index (κ1) is 18.9. The van der Waals surface area contributed by atoms with E-state index in [4.69, 9.17) is 9.47 Å². The Kier molecular flexibility index (Phi) is 4.66. The summed E-state index contributed by atoms with van der Waals surface area (Å²) in [5.41, 5.74) is 2.41. The number of benzene rings is 2. The Balaban J connectivity index is 1.48. The van der Waals surface area contributed by atoms with Crippen LogP contribution < -0.4 is 20.3 Å². The molecule has 156 valence electrons. The standard InChI is InChI=1S/C23H20N4O4/c1-2-26-12-17(22(28)24-11-15-8-9-19-20(10-15)31-14-30-19)21-18(13-26)23(29)27(25-21)16-6-4-3-5-7-16/h3-10,12-13H,2,11,14H2,1H3,(H,24,28). The molecule has 0 atom stereocenters. The van der Waals surface area contributed by atoms with Gasteiger partial charge in [0, 0.05) is 25.5 Å². The van der Waals surface area contributed by atoms with Crippen LogP contribution in [-0.4, -0.2) is 27.0 Å². The molecule has 0 aliphatic carbocycles. The maximum absolute atomic E-state index is 13.1. The van der Waals surface area contributed by atoms with E-state index in [1.807, 2.05) is 47.9 Å². The Bertz CT molecular complexity index is 1290. The number of ether oxygens (including phenoxy) is 2. The fourth-order valence-corrected chi connectivity index (χ4v) is 3.58. The number of rotatable bonds is 5. The van der Waals surface area contributed by atoms with Gasteiger partial charge in [0.25, 0.3) is 11.5 Å². The maximum Gasteiger partial charge on any atom is 0.282 e. The Hall–Kier alpha value is -4.07. The van der Waals surface area contributed by atoms with Gasteiger partial charge in [0.15, 0.2) is 11.5 Å². The van der Waals surface area contributed by atoms with E-state index in [1.165, 1.54) is 4.68 Å². The molecule has 8 heteroatoms. The summed E-state index contributed by atoms with van der Waals surface area (Å²) in [6.45, 7) is 3.08. The van der Waals surface area contributed by atoms with Crippen LogP contribution in [0.2, 0.25) is 0 Å². The fraction of sp³-hybridized carbons (Fsp3) is 0.174. The quantitative estimate of drug-likeness (QED) is 0.541. The van der Waals surface area contributed by atoms with Crippen LogP contribution >= 0.6 is 0 Å². The number of aryl methyl sites for hydroxylation is 1. The van der Waals surface area contributed by atoms with Gasteiger partial charge >= 0.3 is 0 Å². The van der Waals surface area contributed by atoms with Crippen molar-refractivity contribution in [1.29, 1.82) is 0 Å². The van der Waals surface area contributed by atoms with E-state index in [0.29, 0.717) is 47.1 Å². The van der Waals surface area contributed by atoms with Gasteiger partial charge in [-0.3, -0.25) is 9.59 Å². The lowest BCUT2D eigenvalue weighted by molar-refractivity contribution is 0.0950. The van der Waals surface area contributed by atoms with Gasteiger partial charge in [-0.2, -0.15) is 9.78 Å². The van der Waals surface area contributed by atoms with Crippen LogP contribution in [0.3, 0.4) is 0 Å². The van der Waals surface area contributed by atoms with Crippen molar-refractivity contribution in [2.24, 2.45) is 0 Å². The van der Waals surface area contributed by atoms with E-state index >= 15 is 0 Å². The highest BCUT2D eigenvalue weighted by atomic mass is 16.7. The molecule has 31 heavy (non-hydrogen) atoms. The lowest BCUT2D eigenvalue weighted by Gasteiger charge is -2.11. The SMILES string of the molecule is CCn1cc(C(=O)NCc2ccc3c(c2)OCO3)c2nn(-c3ccccc3)c(=O)c-2c1. The van der Waals surface area contributed by atoms with Crippen LogP contribution in [0.15, 0.2) is 65.7 Å². The average molecular weight is 416 g/mol. The zero-order chi connectivity index (χ0) is 21.4. The molecule has 0 fully saturated rings. The number of fused-ring (bicyclic) bond motifs is 2. The molecule has 0 unspecified atom stereocenters. The van der Waals surface area contributed by atoms with Crippen molar-refractivity contribution in [2.75, 3.05) is 6.79 Å². The maximum atomic E-state index is 13.1. The Morgan fingerprint density at radius 3 is 2.71 bits per heavy atom. The van der Waals surface area contributed by atoms with Gasteiger partial charge in [0.2, 0.25) is 6.79 Å². The first-order valence-electron chi connectivity index (χ1n) is 9.99. The van der Waals surface area contributed by atoms with Crippen molar-refractivity contribution >= 4 is 5.91 Å². The Morgan fingerprint density at radius 1 is 1.10 bits per heavy atom. The number of hydrogen-bond acceptors (Lipinski definition) is 5. The van der Waals surface area contributed by atoms with E-state index in [1.54, 1.807) is 24.5 Å². The number of carbonyl (C=O) groups is 1. The van der Waals surface area contributed by atoms with Crippen LogP contribution in [0.1, 0.15) is 22.8 Å². The van der Waals surface area contributed by atoms with E-state index in [9.17, 15) is 9.59 Å². The van der Waals surface area contributed by atoms with Crippen molar-refractivity contribution in [1.82, 2.24) is 19.7 Å². The molecule has 2 aromatic carbocycles. The molecule has 0 saturated carbocycles. The molecule has 2 aromatic rings. The first-order chi connectivity index (χ1) is 15.1. The van der Waals surface area contributed by atoms with E-state index < -0.39 is 0 Å². The number of nitrogens with zero attached hydrogens (tertiary/aromatic N) is 3. The molecule has 5 rings (SSSR count). The van der Waals surface area contributed by atoms with Crippen LogP contribution in [-0.2, 0) is 13.1 Å². The Labute approximate surface area is 178 Å². The number of amides is 1. The summed E-state index contributed by atoms with van der Waals surface area (Å²) >= 11 is 0. The topological polar surface area (TPSA) is 87.4 Å². The molecule has 3 aliphatic heterocycles. The van der Waals surface area contributed by atoms with Gasteiger partial charge in [0.1, 0.15) is 5.69 Å². The second-order valence-electron chi connectivity index (χ2n) is 7.19. The molecular weight excluding hydrogens is 396 g/mol. The van der Waals surface area contributed by atoms with Gasteiger partial charge in [-0.05, 0) is 36.8 Å². The summed E-state index contributed by atoms with van der Waals surface area (Å²) in [6.07, 6.45) is 3.46. The van der Waals surface area contributed by atoms with Gasteiger partial charge in [-0.25, -0.2) is 0 Å². The van der Waals surface area contributed by atoms with Gasteiger partial charge < -0.3 is 19.4 Å². The number of pyridine rings is 1. The molecule has 0 bridgehead atoms. The second kappa shape index (κ2) is 7.64. The molecule has 1 N–H and O–H groups in total. The number of nitrogens with one attached hydrogen (secondary N) is 1. The summed E-state index contributed by atoms with van der Waals surface area (Å²) in [7, 11) is 0.